The van der Waals surface area contributed by atoms with Crippen LogP contribution in [-0.4, -0.2) is 20.7 Å². The van der Waals surface area contributed by atoms with Crippen molar-refractivity contribution in [3.63, 3.8) is 0 Å². The Morgan fingerprint density at radius 1 is 1.14 bits per heavy atom. The van der Waals surface area contributed by atoms with Gasteiger partial charge in [0.05, 0.1) is 14.7 Å². The van der Waals surface area contributed by atoms with Crippen LogP contribution in [0.5, 0.6) is 0 Å². The van der Waals surface area contributed by atoms with Crippen LogP contribution in [0.2, 0.25) is 23.7 Å². The zero-order chi connectivity index (χ0) is 11.2. The normalized spacial score (nSPS) is 13.8. The molecule has 0 saturated carbocycles. The van der Waals surface area contributed by atoms with Gasteiger partial charge in [0.1, 0.15) is 0 Å². The molecule has 0 heterocycles. The summed E-state index contributed by atoms with van der Waals surface area (Å²) in [5, 5.41) is 0. The number of esters is 1. The van der Waals surface area contributed by atoms with Crippen LogP contribution >= 0.6 is 0 Å². The number of ether oxygens (including phenoxy) is 1. The van der Waals surface area contributed by atoms with Crippen molar-refractivity contribution in [1.29, 1.82) is 0 Å². The van der Waals surface area contributed by atoms with E-state index in [4.69, 9.17) is 4.74 Å². The van der Waals surface area contributed by atoms with Gasteiger partial charge in [0, 0.05) is 5.54 Å². The summed E-state index contributed by atoms with van der Waals surface area (Å²) >= 11 is 0. The molecule has 3 heteroatoms. The van der Waals surface area contributed by atoms with Crippen LogP contribution in [0.25, 0.3) is 0 Å². The molecule has 0 radical (unpaired) electrons. The smallest absolute Gasteiger partial charge is 0.305 e. The number of hydrogen-bond donors (Lipinski definition) is 0. The molecule has 14 heavy (non-hydrogen) atoms. The Bertz CT molecular complexity index is 168. The summed E-state index contributed by atoms with van der Waals surface area (Å²) in [6, 6.07) is 3.54. The minimum Gasteiger partial charge on any atom is -0.466 e. The number of hydrogen-bond acceptors (Lipinski definition) is 2. The predicted molar refractivity (Wildman–Crippen MR) is 63.3 cm³/mol. The Morgan fingerprint density at radius 3 is 1.86 bits per heavy atom. The van der Waals surface area contributed by atoms with E-state index in [0.29, 0.717) is 6.61 Å². The van der Waals surface area contributed by atoms with E-state index in [1.54, 1.807) is 0 Å². The lowest BCUT2D eigenvalue weighted by Crippen LogP contribution is -2.40. The van der Waals surface area contributed by atoms with Gasteiger partial charge in [-0.2, -0.15) is 0 Å². The first-order valence-corrected chi connectivity index (χ1v) is 8.44. The molecule has 0 aliphatic rings. The predicted octanol–water partition coefficient (Wildman–Crippen LogP) is 3.45. The van der Waals surface area contributed by atoms with Crippen molar-refractivity contribution in [1.82, 2.24) is 0 Å². The Kier molecular flexibility index (Phi) is 6.08. The molecule has 0 aromatic rings. The van der Waals surface area contributed by atoms with Crippen molar-refractivity contribution in [2.75, 3.05) is 6.61 Å². The third-order valence-electron chi connectivity index (χ3n) is 3.67. The third-order valence-corrected chi connectivity index (χ3v) is 9.97. The monoisotopic (exact) mass is 216 g/mol. The Labute approximate surface area is 89.0 Å². The lowest BCUT2D eigenvalue weighted by Gasteiger charge is -2.33. The van der Waals surface area contributed by atoms with Crippen LogP contribution in [0.1, 0.15) is 34.6 Å². The molecule has 0 aliphatic heterocycles. The minimum absolute atomic E-state index is 0.0183. The second-order valence-corrected chi connectivity index (χ2v) is 9.61. The van der Waals surface area contributed by atoms with Gasteiger partial charge in [0.15, 0.2) is 0 Å². The van der Waals surface area contributed by atoms with Crippen LogP contribution in [0, 0.1) is 0 Å². The first-order valence-electron chi connectivity index (χ1n) is 5.74. The highest BCUT2D eigenvalue weighted by Crippen LogP contribution is 2.33. The van der Waals surface area contributed by atoms with E-state index < -0.39 is 8.07 Å². The van der Waals surface area contributed by atoms with E-state index in [1.165, 1.54) is 18.1 Å². The van der Waals surface area contributed by atoms with E-state index in [-0.39, 0.29) is 11.5 Å². The van der Waals surface area contributed by atoms with Crippen molar-refractivity contribution in [2.45, 2.75) is 58.3 Å². The summed E-state index contributed by atoms with van der Waals surface area (Å²) in [6.45, 7) is 11.1. The summed E-state index contributed by atoms with van der Waals surface area (Å²) < 4.78 is 5.11. The molecule has 0 aromatic heterocycles. The molecular weight excluding hydrogens is 192 g/mol. The second-order valence-electron chi connectivity index (χ2n) is 3.90. The molecule has 0 aliphatic carbocycles. The van der Waals surface area contributed by atoms with E-state index in [0.717, 1.165) is 0 Å². The third kappa shape index (κ3) is 2.84. The minimum atomic E-state index is -1.40. The number of rotatable bonds is 6. The SMILES string of the molecule is CCOC(=O)[C@H](C)[Si](CC)(CC)CC. The zero-order valence-corrected chi connectivity index (χ0v) is 11.2. The molecule has 0 N–H and O–H groups in total. The topological polar surface area (TPSA) is 26.3 Å². The maximum atomic E-state index is 11.7. The van der Waals surface area contributed by atoms with Crippen LogP contribution in [0.15, 0.2) is 0 Å². The highest BCUT2D eigenvalue weighted by atomic mass is 28.3. The average molecular weight is 216 g/mol. The maximum Gasteiger partial charge on any atom is 0.305 e. The molecule has 0 bridgehead atoms. The standard InChI is InChI=1S/C11H24O2Si/c1-6-13-11(12)10(5)14(7-2,8-3)9-4/h10H,6-9H2,1-5H3/t10-/m0/s1. The summed E-state index contributed by atoms with van der Waals surface area (Å²) in [5.74, 6) is 0.0183. The molecule has 0 amide bonds. The number of carbonyl (C=O) groups is 1. The average Bonchev–Trinajstić information content (AvgIpc) is 2.21. The second kappa shape index (κ2) is 6.22. The number of carbonyl (C=O) groups excluding carboxylic acids is 1. The van der Waals surface area contributed by atoms with Gasteiger partial charge in [-0.1, -0.05) is 45.8 Å². The molecule has 0 saturated heterocycles. The quantitative estimate of drug-likeness (QED) is 0.502. The highest BCUT2D eigenvalue weighted by Gasteiger charge is 2.38. The van der Waals surface area contributed by atoms with E-state index in [9.17, 15) is 4.79 Å². The molecule has 2 nitrogen and oxygen atoms in total. The summed E-state index contributed by atoms with van der Waals surface area (Å²) in [5.41, 5.74) is 0.155. The van der Waals surface area contributed by atoms with Gasteiger partial charge < -0.3 is 4.74 Å². The van der Waals surface area contributed by atoms with E-state index in [1.807, 2.05) is 6.92 Å². The van der Waals surface area contributed by atoms with Crippen LogP contribution in [-0.2, 0) is 9.53 Å². The molecule has 0 aromatic carbocycles. The van der Waals surface area contributed by atoms with Crippen molar-refractivity contribution in [3.8, 4) is 0 Å². The Morgan fingerprint density at radius 2 is 1.57 bits per heavy atom. The lowest BCUT2D eigenvalue weighted by molar-refractivity contribution is -0.142. The highest BCUT2D eigenvalue weighted by molar-refractivity contribution is 6.83. The molecule has 0 rings (SSSR count). The van der Waals surface area contributed by atoms with Gasteiger partial charge in [0.25, 0.3) is 0 Å². The van der Waals surface area contributed by atoms with Crippen molar-refractivity contribution in [2.24, 2.45) is 0 Å². The summed E-state index contributed by atoms with van der Waals surface area (Å²) in [4.78, 5) is 11.7. The van der Waals surface area contributed by atoms with Crippen LogP contribution in [0.3, 0.4) is 0 Å². The molecule has 0 fully saturated rings. The fourth-order valence-electron chi connectivity index (χ4n) is 2.19. The fraction of sp³-hybridized carbons (Fsp3) is 0.909. The van der Waals surface area contributed by atoms with Gasteiger partial charge in [-0.15, -0.1) is 0 Å². The maximum absolute atomic E-state index is 11.7. The van der Waals surface area contributed by atoms with E-state index in [2.05, 4.69) is 27.7 Å². The van der Waals surface area contributed by atoms with Crippen molar-refractivity contribution >= 4 is 14.0 Å². The molecular formula is C11H24O2Si. The molecule has 1 atom stereocenters. The molecule has 84 valence electrons. The zero-order valence-electron chi connectivity index (χ0n) is 10.2. The lowest BCUT2D eigenvalue weighted by atomic mass is 10.5. The summed E-state index contributed by atoms with van der Waals surface area (Å²) in [7, 11) is -1.40. The van der Waals surface area contributed by atoms with Crippen molar-refractivity contribution in [3.05, 3.63) is 0 Å². The van der Waals surface area contributed by atoms with Gasteiger partial charge in [-0.05, 0) is 6.92 Å². The summed E-state index contributed by atoms with van der Waals surface area (Å²) in [6.07, 6.45) is 0. The van der Waals surface area contributed by atoms with Crippen molar-refractivity contribution < 1.29 is 9.53 Å². The fourth-order valence-corrected chi connectivity index (χ4v) is 6.11. The van der Waals surface area contributed by atoms with Crippen LogP contribution < -0.4 is 0 Å². The first kappa shape index (κ1) is 13.7. The first-order chi connectivity index (χ1) is 6.57. The van der Waals surface area contributed by atoms with Gasteiger partial charge >= 0.3 is 5.97 Å². The van der Waals surface area contributed by atoms with Gasteiger partial charge in [-0.3, -0.25) is 4.79 Å². The van der Waals surface area contributed by atoms with Crippen LogP contribution in [0.4, 0.5) is 0 Å². The largest absolute Gasteiger partial charge is 0.466 e. The molecule has 0 unspecified atom stereocenters. The Balaban J connectivity index is 4.57. The Hall–Kier alpha value is -0.313. The molecule has 0 spiro atoms. The van der Waals surface area contributed by atoms with Gasteiger partial charge in [-0.25, -0.2) is 0 Å². The van der Waals surface area contributed by atoms with Gasteiger partial charge in [0.2, 0.25) is 0 Å². The van der Waals surface area contributed by atoms with E-state index >= 15 is 0 Å².